The van der Waals surface area contributed by atoms with Crippen LogP contribution in [0.5, 0.6) is 0 Å². The average Bonchev–Trinajstić information content (AvgIpc) is 3.21. The number of benzene rings is 1. The van der Waals surface area contributed by atoms with Crippen LogP contribution in [0.4, 0.5) is 0 Å². The molecule has 1 saturated carbocycles. The van der Waals surface area contributed by atoms with Crippen molar-refractivity contribution in [3.63, 3.8) is 0 Å². The maximum Gasteiger partial charge on any atom is 0.323 e. The van der Waals surface area contributed by atoms with Crippen LogP contribution in [-0.2, 0) is 10.5 Å². The van der Waals surface area contributed by atoms with E-state index in [4.69, 9.17) is 0 Å². The molecule has 20 heavy (non-hydrogen) atoms. The lowest BCUT2D eigenvalue weighted by Crippen LogP contribution is -2.52. The fourth-order valence-electron chi connectivity index (χ4n) is 2.33. The summed E-state index contributed by atoms with van der Waals surface area (Å²) >= 11 is 1.82. The summed E-state index contributed by atoms with van der Waals surface area (Å²) in [4.78, 5) is 11.5. The van der Waals surface area contributed by atoms with Crippen molar-refractivity contribution in [3.8, 4) is 0 Å². The fourth-order valence-corrected chi connectivity index (χ4v) is 3.45. The van der Waals surface area contributed by atoms with Gasteiger partial charge in [-0.2, -0.15) is 11.8 Å². The van der Waals surface area contributed by atoms with Crippen LogP contribution in [0.15, 0.2) is 30.3 Å². The summed E-state index contributed by atoms with van der Waals surface area (Å²) < 4.78 is 0. The molecule has 3 nitrogen and oxygen atoms in total. The molecule has 2 rings (SSSR count). The minimum absolute atomic E-state index is 0.308. The van der Waals surface area contributed by atoms with Crippen molar-refractivity contribution in [2.24, 2.45) is 0 Å². The molecular formula is C16H23NO2S. The number of nitrogens with one attached hydrogen (secondary N) is 1. The second-order valence-electron chi connectivity index (χ2n) is 5.87. The normalized spacial score (nSPS) is 19.3. The van der Waals surface area contributed by atoms with Gasteiger partial charge in [-0.1, -0.05) is 37.3 Å². The lowest BCUT2D eigenvalue weighted by atomic mass is 9.96. The van der Waals surface area contributed by atoms with E-state index >= 15 is 0 Å². The molecule has 1 aromatic carbocycles. The predicted octanol–water partition coefficient (Wildman–Crippen LogP) is 3.29. The summed E-state index contributed by atoms with van der Waals surface area (Å²) in [5.41, 5.74) is 0.487. The Morgan fingerprint density at radius 2 is 2.10 bits per heavy atom. The molecule has 0 saturated heterocycles. The molecule has 1 aromatic rings. The molecule has 1 aliphatic carbocycles. The van der Waals surface area contributed by atoms with Crippen LogP contribution >= 0.6 is 11.8 Å². The van der Waals surface area contributed by atoms with E-state index in [1.807, 2.05) is 36.9 Å². The molecule has 4 heteroatoms. The van der Waals surface area contributed by atoms with Gasteiger partial charge in [0.2, 0.25) is 0 Å². The molecule has 1 aliphatic rings. The Kier molecular flexibility index (Phi) is 5.11. The van der Waals surface area contributed by atoms with Gasteiger partial charge in [0.15, 0.2) is 0 Å². The second kappa shape index (κ2) is 6.64. The number of hydrogen-bond acceptors (Lipinski definition) is 3. The maximum absolute atomic E-state index is 11.5. The van der Waals surface area contributed by atoms with Gasteiger partial charge in [-0.3, -0.25) is 10.1 Å². The van der Waals surface area contributed by atoms with Crippen molar-refractivity contribution >= 4 is 17.7 Å². The standard InChI is InChI=1S/C16H23NO2S/c1-12(20-11-13-6-4-3-5-7-13)10-16(2,15(18)19)17-14-8-9-14/h3-7,12,14,17H,8-11H2,1-2H3,(H,18,19). The van der Waals surface area contributed by atoms with Crippen molar-refractivity contribution in [2.45, 2.75) is 55.7 Å². The first-order valence-electron chi connectivity index (χ1n) is 7.16. The van der Waals surface area contributed by atoms with E-state index in [1.165, 1.54) is 5.56 Å². The number of hydrogen-bond donors (Lipinski definition) is 2. The summed E-state index contributed by atoms with van der Waals surface area (Å²) in [7, 11) is 0. The first kappa shape index (κ1) is 15.4. The first-order chi connectivity index (χ1) is 9.49. The van der Waals surface area contributed by atoms with Gasteiger partial charge in [0.25, 0.3) is 0 Å². The predicted molar refractivity (Wildman–Crippen MR) is 84.0 cm³/mol. The van der Waals surface area contributed by atoms with Crippen LogP contribution in [0.2, 0.25) is 0 Å². The van der Waals surface area contributed by atoms with Gasteiger partial charge in [0.1, 0.15) is 5.54 Å². The number of carboxylic acid groups (broad SMARTS) is 1. The molecule has 0 bridgehead atoms. The van der Waals surface area contributed by atoms with Crippen LogP contribution in [0.25, 0.3) is 0 Å². The van der Waals surface area contributed by atoms with Crippen LogP contribution in [-0.4, -0.2) is 27.9 Å². The summed E-state index contributed by atoms with van der Waals surface area (Å²) in [6, 6.07) is 10.7. The third-order valence-electron chi connectivity index (χ3n) is 3.65. The molecule has 110 valence electrons. The molecule has 0 aromatic heterocycles. The Balaban J connectivity index is 1.84. The highest BCUT2D eigenvalue weighted by atomic mass is 32.2. The van der Waals surface area contributed by atoms with E-state index < -0.39 is 11.5 Å². The number of carboxylic acids is 1. The van der Waals surface area contributed by atoms with Crippen LogP contribution in [0.3, 0.4) is 0 Å². The van der Waals surface area contributed by atoms with E-state index in [0.29, 0.717) is 17.7 Å². The number of rotatable bonds is 8. The largest absolute Gasteiger partial charge is 0.480 e. The summed E-state index contributed by atoms with van der Waals surface area (Å²) in [5, 5.41) is 13.1. The van der Waals surface area contributed by atoms with E-state index in [1.54, 1.807) is 0 Å². The van der Waals surface area contributed by atoms with E-state index in [-0.39, 0.29) is 0 Å². The van der Waals surface area contributed by atoms with Gasteiger partial charge < -0.3 is 5.11 Å². The topological polar surface area (TPSA) is 49.3 Å². The number of carbonyl (C=O) groups is 1. The van der Waals surface area contributed by atoms with Crippen molar-refractivity contribution in [1.82, 2.24) is 5.32 Å². The smallest absolute Gasteiger partial charge is 0.323 e. The second-order valence-corrected chi connectivity index (χ2v) is 7.29. The highest BCUT2D eigenvalue weighted by molar-refractivity contribution is 7.99. The Morgan fingerprint density at radius 3 is 2.65 bits per heavy atom. The lowest BCUT2D eigenvalue weighted by molar-refractivity contribution is -0.144. The molecule has 0 spiro atoms. The molecule has 0 radical (unpaired) electrons. The van der Waals surface area contributed by atoms with E-state index in [0.717, 1.165) is 18.6 Å². The zero-order chi connectivity index (χ0) is 14.6. The number of thioether (sulfide) groups is 1. The average molecular weight is 293 g/mol. The Morgan fingerprint density at radius 1 is 1.45 bits per heavy atom. The summed E-state index contributed by atoms with van der Waals surface area (Å²) in [6.07, 6.45) is 2.86. The van der Waals surface area contributed by atoms with Gasteiger partial charge >= 0.3 is 5.97 Å². The zero-order valence-corrected chi connectivity index (χ0v) is 13.0. The zero-order valence-electron chi connectivity index (χ0n) is 12.1. The quantitative estimate of drug-likeness (QED) is 0.772. The Bertz CT molecular complexity index is 447. The Hall–Kier alpha value is -1.00. The number of aliphatic carboxylic acids is 1. The lowest BCUT2D eigenvalue weighted by Gasteiger charge is -2.29. The molecule has 0 heterocycles. The minimum Gasteiger partial charge on any atom is -0.480 e. The third kappa shape index (κ3) is 4.53. The van der Waals surface area contributed by atoms with Crippen LogP contribution < -0.4 is 5.32 Å². The summed E-state index contributed by atoms with van der Waals surface area (Å²) in [5.74, 6) is 0.192. The Labute approximate surface area is 125 Å². The van der Waals surface area contributed by atoms with Gasteiger partial charge in [0, 0.05) is 17.0 Å². The minimum atomic E-state index is -0.801. The van der Waals surface area contributed by atoms with E-state index in [9.17, 15) is 9.90 Å². The summed E-state index contributed by atoms with van der Waals surface area (Å²) in [6.45, 7) is 3.93. The van der Waals surface area contributed by atoms with Crippen molar-refractivity contribution in [1.29, 1.82) is 0 Å². The highest BCUT2D eigenvalue weighted by Gasteiger charge is 2.39. The molecule has 2 unspecified atom stereocenters. The van der Waals surface area contributed by atoms with Gasteiger partial charge in [-0.15, -0.1) is 0 Å². The molecule has 0 amide bonds. The van der Waals surface area contributed by atoms with Gasteiger partial charge in [-0.05, 0) is 31.7 Å². The van der Waals surface area contributed by atoms with Gasteiger partial charge in [0.05, 0.1) is 0 Å². The monoisotopic (exact) mass is 293 g/mol. The SMILES string of the molecule is CC(CC(C)(NC1CC1)C(=O)O)SCc1ccccc1. The van der Waals surface area contributed by atoms with Crippen molar-refractivity contribution < 1.29 is 9.90 Å². The van der Waals surface area contributed by atoms with Crippen molar-refractivity contribution in [2.75, 3.05) is 0 Å². The van der Waals surface area contributed by atoms with Crippen LogP contribution in [0.1, 0.15) is 38.7 Å². The van der Waals surface area contributed by atoms with E-state index in [2.05, 4.69) is 24.4 Å². The first-order valence-corrected chi connectivity index (χ1v) is 8.21. The molecule has 2 N–H and O–H groups in total. The maximum atomic E-state index is 11.5. The third-order valence-corrected chi connectivity index (χ3v) is 4.88. The molecule has 1 fully saturated rings. The van der Waals surface area contributed by atoms with Gasteiger partial charge in [-0.25, -0.2) is 0 Å². The molecule has 2 atom stereocenters. The van der Waals surface area contributed by atoms with Crippen LogP contribution in [0, 0.1) is 0 Å². The van der Waals surface area contributed by atoms with Crippen molar-refractivity contribution in [3.05, 3.63) is 35.9 Å². The molecule has 0 aliphatic heterocycles. The highest BCUT2D eigenvalue weighted by Crippen LogP contribution is 2.29. The fraction of sp³-hybridized carbons (Fsp3) is 0.562. The molecular weight excluding hydrogens is 270 g/mol.